The van der Waals surface area contributed by atoms with E-state index in [1.807, 2.05) is 6.92 Å². The van der Waals surface area contributed by atoms with Crippen molar-refractivity contribution in [3.8, 4) is 0 Å². The van der Waals surface area contributed by atoms with Crippen LogP contribution in [-0.2, 0) is 0 Å². The number of piperidine rings is 1. The predicted octanol–water partition coefficient (Wildman–Crippen LogP) is -0.0555. The first-order valence-corrected chi connectivity index (χ1v) is 6.29. The lowest BCUT2D eigenvalue weighted by molar-refractivity contribution is 0.0690. The van der Waals surface area contributed by atoms with Crippen LogP contribution in [0.15, 0.2) is 0 Å². The molecule has 3 N–H and O–H groups in total. The molecular weight excluding hydrogens is 204 g/mol. The quantitative estimate of drug-likeness (QED) is 0.631. The maximum absolute atomic E-state index is 9.28. The Bertz CT molecular complexity index is 229. The average molecular weight is 228 g/mol. The summed E-state index contributed by atoms with van der Waals surface area (Å²) in [4.78, 5) is 2.49. The summed E-state index contributed by atoms with van der Waals surface area (Å²) >= 11 is 0. The van der Waals surface area contributed by atoms with Crippen molar-refractivity contribution in [2.75, 3.05) is 20.3 Å². The molecule has 0 saturated carbocycles. The van der Waals surface area contributed by atoms with Gasteiger partial charge in [-0.15, -0.1) is 0 Å². The van der Waals surface area contributed by atoms with E-state index in [2.05, 4.69) is 17.3 Å². The second-order valence-corrected chi connectivity index (χ2v) is 5.74. The second-order valence-electron chi connectivity index (χ2n) is 5.74. The summed E-state index contributed by atoms with van der Waals surface area (Å²) in [6, 6.07) is 1.83. The molecule has 2 rings (SSSR count). The smallest absolute Gasteiger partial charge is 0.0633 e. The lowest BCUT2D eigenvalue weighted by Gasteiger charge is -2.40. The molecule has 4 nitrogen and oxygen atoms in total. The fraction of sp³-hybridized carbons (Fsp3) is 1.00. The van der Waals surface area contributed by atoms with Gasteiger partial charge < -0.3 is 20.4 Å². The van der Waals surface area contributed by atoms with Gasteiger partial charge in [0.15, 0.2) is 0 Å². The topological polar surface area (TPSA) is 55.7 Å². The molecule has 0 radical (unpaired) electrons. The van der Waals surface area contributed by atoms with Gasteiger partial charge in [0.2, 0.25) is 0 Å². The van der Waals surface area contributed by atoms with Crippen LogP contribution in [0.3, 0.4) is 0 Å². The summed E-state index contributed by atoms with van der Waals surface area (Å²) in [6.07, 6.45) is 4.88. The summed E-state index contributed by atoms with van der Waals surface area (Å²) in [5.41, 5.74) is -0.528. The zero-order valence-corrected chi connectivity index (χ0v) is 10.3. The molecule has 0 aliphatic carbocycles. The van der Waals surface area contributed by atoms with Gasteiger partial charge in [-0.1, -0.05) is 0 Å². The molecule has 0 aromatic rings. The predicted molar refractivity (Wildman–Crippen MR) is 63.3 cm³/mol. The molecular formula is C12H24N2O2. The zero-order valence-electron chi connectivity index (χ0n) is 10.3. The van der Waals surface area contributed by atoms with Crippen molar-refractivity contribution in [2.45, 2.75) is 56.3 Å². The van der Waals surface area contributed by atoms with Gasteiger partial charge in [0.25, 0.3) is 0 Å². The van der Waals surface area contributed by atoms with Crippen molar-refractivity contribution in [1.29, 1.82) is 0 Å². The van der Waals surface area contributed by atoms with Crippen LogP contribution in [0.1, 0.15) is 32.6 Å². The molecule has 0 aromatic carbocycles. The largest absolute Gasteiger partial charge is 0.394 e. The molecule has 2 aliphatic rings. The van der Waals surface area contributed by atoms with E-state index in [4.69, 9.17) is 0 Å². The lowest BCUT2D eigenvalue weighted by Crippen LogP contribution is -2.57. The summed E-state index contributed by atoms with van der Waals surface area (Å²) < 4.78 is 0. The Balaban J connectivity index is 1.93. The molecule has 2 bridgehead atoms. The van der Waals surface area contributed by atoms with Gasteiger partial charge in [0, 0.05) is 18.1 Å². The van der Waals surface area contributed by atoms with Gasteiger partial charge in [-0.3, -0.25) is 0 Å². The molecule has 0 aromatic heterocycles. The van der Waals surface area contributed by atoms with Crippen LogP contribution in [0.5, 0.6) is 0 Å². The van der Waals surface area contributed by atoms with Crippen LogP contribution in [0, 0.1) is 0 Å². The van der Waals surface area contributed by atoms with Crippen LogP contribution in [0.25, 0.3) is 0 Å². The Morgan fingerprint density at radius 3 is 2.12 bits per heavy atom. The van der Waals surface area contributed by atoms with E-state index in [0.29, 0.717) is 18.1 Å². The van der Waals surface area contributed by atoms with Crippen molar-refractivity contribution in [2.24, 2.45) is 0 Å². The highest BCUT2D eigenvalue weighted by Gasteiger charge is 2.40. The molecule has 2 heterocycles. The number of hydrogen-bond acceptors (Lipinski definition) is 4. The average Bonchev–Trinajstić information content (AvgIpc) is 2.53. The maximum atomic E-state index is 9.28. The number of hydrogen-bond donors (Lipinski definition) is 3. The first-order chi connectivity index (χ1) is 7.58. The van der Waals surface area contributed by atoms with Crippen LogP contribution in [0.2, 0.25) is 0 Å². The van der Waals surface area contributed by atoms with Gasteiger partial charge in [-0.25, -0.2) is 0 Å². The monoisotopic (exact) mass is 228 g/mol. The van der Waals surface area contributed by atoms with E-state index in [1.54, 1.807) is 0 Å². The van der Waals surface area contributed by atoms with Crippen molar-refractivity contribution >= 4 is 0 Å². The lowest BCUT2D eigenvalue weighted by atomic mass is 9.94. The summed E-state index contributed by atoms with van der Waals surface area (Å²) in [5, 5.41) is 22.0. The molecule has 16 heavy (non-hydrogen) atoms. The molecule has 0 spiro atoms. The van der Waals surface area contributed by atoms with Crippen molar-refractivity contribution in [1.82, 2.24) is 10.2 Å². The van der Waals surface area contributed by atoms with Gasteiger partial charge in [0.1, 0.15) is 0 Å². The van der Waals surface area contributed by atoms with Gasteiger partial charge in [0.05, 0.1) is 18.8 Å². The van der Waals surface area contributed by atoms with Crippen molar-refractivity contribution in [3.05, 3.63) is 0 Å². The number of aliphatic hydroxyl groups is 2. The normalized spacial score (nSPS) is 35.6. The highest BCUT2D eigenvalue weighted by atomic mass is 16.3. The molecule has 2 aliphatic heterocycles. The van der Waals surface area contributed by atoms with Gasteiger partial charge in [-0.05, 0) is 39.7 Å². The molecule has 2 fully saturated rings. The number of aliphatic hydroxyl groups excluding tert-OH is 2. The number of rotatable bonds is 4. The van der Waals surface area contributed by atoms with E-state index < -0.39 is 5.54 Å². The maximum Gasteiger partial charge on any atom is 0.0633 e. The Kier molecular flexibility index (Phi) is 3.54. The number of fused-ring (bicyclic) bond motifs is 2. The Hall–Kier alpha value is -0.160. The Morgan fingerprint density at radius 2 is 1.69 bits per heavy atom. The third-order valence-electron chi connectivity index (χ3n) is 4.35. The fourth-order valence-electron chi connectivity index (χ4n) is 3.16. The first-order valence-electron chi connectivity index (χ1n) is 6.29. The van der Waals surface area contributed by atoms with Crippen LogP contribution >= 0.6 is 0 Å². The first kappa shape index (κ1) is 12.3. The Labute approximate surface area is 97.6 Å². The number of nitrogens with zero attached hydrogens (tertiary/aromatic N) is 1. The molecule has 4 heteroatoms. The van der Waals surface area contributed by atoms with E-state index in [9.17, 15) is 10.2 Å². The van der Waals surface area contributed by atoms with Crippen molar-refractivity contribution in [3.63, 3.8) is 0 Å². The minimum Gasteiger partial charge on any atom is -0.394 e. The fourth-order valence-corrected chi connectivity index (χ4v) is 3.16. The minimum atomic E-state index is -0.528. The molecule has 2 unspecified atom stereocenters. The summed E-state index contributed by atoms with van der Waals surface area (Å²) in [7, 11) is 2.22. The zero-order chi connectivity index (χ0) is 11.8. The second kappa shape index (κ2) is 4.61. The molecule has 94 valence electrons. The van der Waals surface area contributed by atoms with Crippen LogP contribution in [-0.4, -0.2) is 59.0 Å². The molecule has 2 atom stereocenters. The summed E-state index contributed by atoms with van der Waals surface area (Å²) in [6.45, 7) is 1.86. The van der Waals surface area contributed by atoms with E-state index >= 15 is 0 Å². The highest BCUT2D eigenvalue weighted by molar-refractivity contribution is 4.98. The van der Waals surface area contributed by atoms with Gasteiger partial charge >= 0.3 is 0 Å². The van der Waals surface area contributed by atoms with Crippen LogP contribution in [0.4, 0.5) is 0 Å². The number of nitrogens with one attached hydrogen (secondary N) is 1. The van der Waals surface area contributed by atoms with E-state index in [0.717, 1.165) is 12.8 Å². The van der Waals surface area contributed by atoms with Crippen molar-refractivity contribution < 1.29 is 10.2 Å². The van der Waals surface area contributed by atoms with E-state index in [-0.39, 0.29) is 13.2 Å². The standard InChI is InChI=1S/C12H24N2O2/c1-12(7-15,8-16)13-9-5-10-3-4-11(6-9)14(10)2/h9-11,13,15-16H,3-8H2,1-2H3. The van der Waals surface area contributed by atoms with E-state index in [1.165, 1.54) is 12.8 Å². The SMILES string of the molecule is CN1C2CCC1CC(NC(C)(CO)CO)C2. The Morgan fingerprint density at radius 1 is 1.19 bits per heavy atom. The van der Waals surface area contributed by atoms with Crippen LogP contribution < -0.4 is 5.32 Å². The molecule has 0 amide bonds. The summed E-state index contributed by atoms with van der Waals surface area (Å²) in [5.74, 6) is 0. The van der Waals surface area contributed by atoms with Gasteiger partial charge in [-0.2, -0.15) is 0 Å². The molecule has 2 saturated heterocycles. The third kappa shape index (κ3) is 2.25. The highest BCUT2D eigenvalue weighted by Crippen LogP contribution is 2.34. The minimum absolute atomic E-state index is 0.00876. The third-order valence-corrected chi connectivity index (χ3v) is 4.35.